The lowest BCUT2D eigenvalue weighted by Gasteiger charge is -2.11. The molecule has 0 saturated carbocycles. The molecule has 1 heterocycles. The highest BCUT2D eigenvalue weighted by Gasteiger charge is 2.19. The molecule has 0 atom stereocenters. The van der Waals surface area contributed by atoms with Crippen molar-refractivity contribution in [2.45, 2.75) is 0 Å². The fraction of sp³-hybridized carbons (Fsp3) is 0.148. The van der Waals surface area contributed by atoms with E-state index >= 15 is 0 Å². The van der Waals surface area contributed by atoms with Gasteiger partial charge in [-0.05, 0) is 59.7 Å². The van der Waals surface area contributed by atoms with Crippen LogP contribution in [0.4, 0.5) is 11.4 Å². The highest BCUT2D eigenvalue weighted by atomic mass is 35.5. The Hall–Kier alpha value is -3.90. The summed E-state index contributed by atoms with van der Waals surface area (Å²) in [6.45, 7) is 0. The highest BCUT2D eigenvalue weighted by molar-refractivity contribution is 6.30. The van der Waals surface area contributed by atoms with Crippen LogP contribution in [0.5, 0.6) is 0 Å². The minimum atomic E-state index is 0.683. The van der Waals surface area contributed by atoms with Crippen molar-refractivity contribution in [3.8, 4) is 11.4 Å². The summed E-state index contributed by atoms with van der Waals surface area (Å²) in [7, 11) is 8.10. The Morgan fingerprint density at radius 2 is 1.26 bits per heavy atom. The molecule has 0 N–H and O–H groups in total. The van der Waals surface area contributed by atoms with Crippen molar-refractivity contribution < 1.29 is 4.68 Å². The molecular weight excluding hydrogens is 444 g/mol. The maximum atomic E-state index is 6.13. The molecule has 7 heteroatoms. The molecule has 34 heavy (non-hydrogen) atoms. The number of rotatable bonds is 7. The van der Waals surface area contributed by atoms with Crippen molar-refractivity contribution in [3.63, 3.8) is 0 Å². The molecule has 0 spiro atoms. The zero-order valence-electron chi connectivity index (χ0n) is 19.8. The van der Waals surface area contributed by atoms with Crippen LogP contribution in [0.3, 0.4) is 0 Å². The average Bonchev–Trinajstić information content (AvgIpc) is 3.25. The largest absolute Gasteiger partial charge is 0.378 e. The summed E-state index contributed by atoms with van der Waals surface area (Å²) in [6.07, 6.45) is 7.46. The molecule has 0 saturated heterocycles. The lowest BCUT2D eigenvalue weighted by atomic mass is 10.2. The van der Waals surface area contributed by atoms with Crippen molar-refractivity contribution in [2.75, 3.05) is 38.0 Å². The first-order chi connectivity index (χ1) is 16.4. The highest BCUT2D eigenvalue weighted by Crippen LogP contribution is 2.20. The Morgan fingerprint density at radius 3 is 1.79 bits per heavy atom. The summed E-state index contributed by atoms with van der Waals surface area (Å²) in [5.74, 6) is 0.819. The van der Waals surface area contributed by atoms with Crippen LogP contribution in [0.25, 0.3) is 11.4 Å². The molecule has 0 bridgehead atoms. The van der Waals surface area contributed by atoms with Crippen LogP contribution in [-0.4, -0.2) is 45.3 Å². The number of aromatic nitrogens is 2. The molecule has 0 unspecified atom stereocenters. The van der Waals surface area contributed by atoms with Crippen molar-refractivity contribution in [1.82, 2.24) is 4.68 Å². The Balaban J connectivity index is 1.66. The van der Waals surface area contributed by atoms with Crippen LogP contribution in [0.1, 0.15) is 11.1 Å². The lowest BCUT2D eigenvalue weighted by Crippen LogP contribution is -2.28. The second-order valence-corrected chi connectivity index (χ2v) is 8.72. The summed E-state index contributed by atoms with van der Waals surface area (Å²) in [5, 5.41) is 10.1. The van der Waals surface area contributed by atoms with Gasteiger partial charge in [-0.3, -0.25) is 0 Å². The van der Waals surface area contributed by atoms with Crippen LogP contribution >= 0.6 is 11.6 Å². The van der Waals surface area contributed by atoms with E-state index in [0.29, 0.717) is 5.02 Å². The molecule has 4 rings (SSSR count). The van der Waals surface area contributed by atoms with E-state index in [9.17, 15) is 0 Å². The summed E-state index contributed by atoms with van der Waals surface area (Å²) >= 11 is 6.13. The van der Waals surface area contributed by atoms with E-state index in [0.717, 1.165) is 33.9 Å². The Bertz CT molecular complexity index is 1210. The number of nitrogens with zero attached hydrogens (tertiary/aromatic N) is 6. The topological polar surface area (TPSA) is 40.0 Å². The quantitative estimate of drug-likeness (QED) is 0.281. The Morgan fingerprint density at radius 1 is 0.735 bits per heavy atom. The van der Waals surface area contributed by atoms with E-state index < -0.39 is 0 Å². The third-order valence-corrected chi connectivity index (χ3v) is 5.62. The summed E-state index contributed by atoms with van der Waals surface area (Å²) in [5.41, 5.74) is 5.26. The average molecular weight is 472 g/mol. The van der Waals surface area contributed by atoms with Crippen LogP contribution in [0.15, 0.2) is 95.4 Å². The predicted octanol–water partition coefficient (Wildman–Crippen LogP) is 4.99. The summed E-state index contributed by atoms with van der Waals surface area (Å²) < 4.78 is 3.63. The SMILES string of the molecule is CN(C)c1ccc(/C=N/n2cc[n+](/N=C/c3ccc(N(C)C)cc3)c2-c2ccc(Cl)cc2)cc1. The maximum absolute atomic E-state index is 6.13. The van der Waals surface area contributed by atoms with Gasteiger partial charge < -0.3 is 9.80 Å². The van der Waals surface area contributed by atoms with Gasteiger partial charge in [-0.25, -0.2) is 0 Å². The number of hydrogen-bond donors (Lipinski definition) is 0. The van der Waals surface area contributed by atoms with Crippen molar-refractivity contribution in [2.24, 2.45) is 10.2 Å². The first-order valence-electron chi connectivity index (χ1n) is 10.9. The van der Waals surface area contributed by atoms with E-state index in [1.807, 2.05) is 111 Å². The first-order valence-corrected chi connectivity index (χ1v) is 11.3. The van der Waals surface area contributed by atoms with Gasteiger partial charge in [0.2, 0.25) is 0 Å². The zero-order chi connectivity index (χ0) is 24.1. The second-order valence-electron chi connectivity index (χ2n) is 8.28. The number of benzene rings is 3. The van der Waals surface area contributed by atoms with Gasteiger partial charge in [0.1, 0.15) is 0 Å². The van der Waals surface area contributed by atoms with Gasteiger partial charge in [0.25, 0.3) is 0 Å². The molecule has 0 aliphatic carbocycles. The van der Waals surface area contributed by atoms with Gasteiger partial charge in [-0.2, -0.15) is 0 Å². The normalized spacial score (nSPS) is 11.4. The first kappa shape index (κ1) is 23.3. The summed E-state index contributed by atoms with van der Waals surface area (Å²) in [6, 6.07) is 24.2. The van der Waals surface area contributed by atoms with Crippen LogP contribution < -0.4 is 14.5 Å². The van der Waals surface area contributed by atoms with Gasteiger partial charge in [0.05, 0.1) is 18.0 Å². The Labute approximate surface area is 205 Å². The second kappa shape index (κ2) is 10.4. The van der Waals surface area contributed by atoms with Crippen molar-refractivity contribution in [1.29, 1.82) is 0 Å². The summed E-state index contributed by atoms with van der Waals surface area (Å²) in [4.78, 5) is 4.14. The molecule has 0 fully saturated rings. The Kier molecular flexibility index (Phi) is 7.09. The number of imidazole rings is 1. The molecule has 0 amide bonds. The predicted molar refractivity (Wildman–Crippen MR) is 143 cm³/mol. The molecule has 4 aromatic rings. The fourth-order valence-corrected chi connectivity index (χ4v) is 3.52. The molecule has 0 radical (unpaired) electrons. The zero-order valence-corrected chi connectivity index (χ0v) is 20.6. The number of halogens is 1. The molecule has 172 valence electrons. The van der Waals surface area contributed by atoms with E-state index in [-0.39, 0.29) is 0 Å². The van der Waals surface area contributed by atoms with Gasteiger partial charge in [-0.15, -0.1) is 0 Å². The monoisotopic (exact) mass is 471 g/mol. The van der Waals surface area contributed by atoms with Crippen LogP contribution in [0.2, 0.25) is 5.02 Å². The molecule has 0 aliphatic rings. The van der Waals surface area contributed by atoms with E-state index in [4.69, 9.17) is 21.8 Å². The third kappa shape index (κ3) is 5.53. The molecule has 6 nitrogen and oxygen atoms in total. The molecule has 0 aliphatic heterocycles. The smallest absolute Gasteiger partial charge is 0.339 e. The standard InChI is InChI=1S/C27H28ClN6/c1-31(2)25-13-5-21(6-14-25)19-29-33-17-18-34(27(33)23-9-11-24(28)12-10-23)30-20-22-7-15-26(16-8-22)32(3)4/h5-20H,1-4H3/q+1/b29-19+,30-20+. The lowest BCUT2D eigenvalue weighted by molar-refractivity contribution is -0.666. The van der Waals surface area contributed by atoms with Gasteiger partial charge in [0, 0.05) is 44.6 Å². The van der Waals surface area contributed by atoms with Crippen molar-refractivity contribution in [3.05, 3.63) is 101 Å². The van der Waals surface area contributed by atoms with E-state index in [1.165, 1.54) is 0 Å². The van der Waals surface area contributed by atoms with Gasteiger partial charge in [0.15, 0.2) is 12.4 Å². The molecular formula is C27H28ClN6+. The van der Waals surface area contributed by atoms with Gasteiger partial charge in [-0.1, -0.05) is 55.4 Å². The third-order valence-electron chi connectivity index (χ3n) is 5.37. The van der Waals surface area contributed by atoms with E-state index in [1.54, 1.807) is 0 Å². The fourth-order valence-electron chi connectivity index (χ4n) is 3.40. The van der Waals surface area contributed by atoms with Crippen LogP contribution in [-0.2, 0) is 0 Å². The number of hydrogen-bond acceptors (Lipinski definition) is 4. The molecule has 1 aromatic heterocycles. The van der Waals surface area contributed by atoms with Gasteiger partial charge >= 0.3 is 5.82 Å². The van der Waals surface area contributed by atoms with Crippen LogP contribution in [0, 0.1) is 0 Å². The van der Waals surface area contributed by atoms with Crippen molar-refractivity contribution >= 4 is 35.4 Å². The minimum absolute atomic E-state index is 0.683. The minimum Gasteiger partial charge on any atom is -0.378 e. The maximum Gasteiger partial charge on any atom is 0.339 e. The van der Waals surface area contributed by atoms with E-state index in [2.05, 4.69) is 34.1 Å². The number of anilines is 2. The molecule has 3 aromatic carbocycles.